The minimum atomic E-state index is -0.498. The van der Waals surface area contributed by atoms with Gasteiger partial charge in [0.25, 0.3) is 0 Å². The van der Waals surface area contributed by atoms with Crippen molar-refractivity contribution in [1.29, 1.82) is 0 Å². The second kappa shape index (κ2) is 29.6. The van der Waals surface area contributed by atoms with Gasteiger partial charge in [0.1, 0.15) is 0 Å². The molecule has 4 nitrogen and oxygen atoms in total. The molecule has 622 valence electrons. The summed E-state index contributed by atoms with van der Waals surface area (Å²) in [5.74, 6) is 0. The van der Waals surface area contributed by atoms with E-state index in [1.165, 1.54) is 216 Å². The van der Waals surface area contributed by atoms with Crippen molar-refractivity contribution in [3.05, 3.63) is 540 Å². The van der Waals surface area contributed by atoms with Crippen LogP contribution in [0.4, 0.5) is 17.1 Å². The van der Waals surface area contributed by atoms with Crippen LogP contribution in [0.2, 0.25) is 0 Å². The Morgan fingerprint density at radius 2 is 0.470 bits per heavy atom. The molecule has 0 radical (unpaired) electrons. The van der Waals surface area contributed by atoms with Crippen molar-refractivity contribution < 1.29 is 0 Å². The topological polar surface area (TPSA) is 18.0 Å². The largest absolute Gasteiger partial charge is 0.310 e. The zero-order chi connectivity index (χ0) is 87.7. The molecule has 0 fully saturated rings. The van der Waals surface area contributed by atoms with Gasteiger partial charge in [0.05, 0.1) is 55.3 Å². The van der Waals surface area contributed by atoms with Gasteiger partial charge in [0.2, 0.25) is 0 Å². The number of anilines is 3. The third-order valence-corrected chi connectivity index (χ3v) is 29.9. The number of benzene rings is 20. The number of hydrogen-bond donors (Lipinski definition) is 0. The van der Waals surface area contributed by atoms with Crippen molar-refractivity contribution in [2.24, 2.45) is 0 Å². The fourth-order valence-corrected chi connectivity index (χ4v) is 23.8. The van der Waals surface area contributed by atoms with Crippen molar-refractivity contribution >= 4 is 82.5 Å². The van der Waals surface area contributed by atoms with E-state index in [2.05, 4.69) is 519 Å². The lowest BCUT2D eigenvalue weighted by atomic mass is 9.63. The molecule has 2 aliphatic heterocycles. The van der Waals surface area contributed by atoms with Gasteiger partial charge in [-0.3, -0.25) is 0 Å². The molecule has 0 bridgehead atoms. The van der Waals surface area contributed by atoms with Gasteiger partial charge in [0, 0.05) is 65.9 Å². The first-order valence-corrected chi connectivity index (χ1v) is 46.3. The molecule has 23 aromatic rings. The number of aromatic nitrogens is 3. The first-order chi connectivity index (χ1) is 65.0. The highest BCUT2D eigenvalue weighted by molar-refractivity contribution is 6.16. The molecular formula is C128H90N4. The van der Waals surface area contributed by atoms with Crippen LogP contribution < -0.4 is 4.90 Å². The molecule has 5 heterocycles. The molecule has 20 aromatic carbocycles. The predicted molar refractivity (Wildman–Crippen MR) is 551 cm³/mol. The number of fused-ring (bicyclic) bond motifs is 19. The number of para-hydroxylation sites is 4. The maximum absolute atomic E-state index is 2.53. The van der Waals surface area contributed by atoms with Crippen LogP contribution >= 0.6 is 0 Å². The Balaban J connectivity index is 0.000000138. The Labute approximate surface area is 768 Å². The average molecular weight is 1680 g/mol. The summed E-state index contributed by atoms with van der Waals surface area (Å²) < 4.78 is 7.53. The Morgan fingerprint density at radius 3 is 0.886 bits per heavy atom. The summed E-state index contributed by atoms with van der Waals surface area (Å²) in [5.41, 5.74) is 43.9. The summed E-state index contributed by atoms with van der Waals surface area (Å²) in [4.78, 5) is 2.41. The molecule has 4 heteroatoms. The highest BCUT2D eigenvalue weighted by atomic mass is 15.1. The summed E-state index contributed by atoms with van der Waals surface area (Å²) in [6.45, 7) is 9.45. The minimum Gasteiger partial charge on any atom is -0.310 e. The van der Waals surface area contributed by atoms with E-state index in [1.807, 2.05) is 0 Å². The van der Waals surface area contributed by atoms with Crippen LogP contribution in [0.1, 0.15) is 94.5 Å². The third-order valence-electron chi connectivity index (χ3n) is 29.9. The van der Waals surface area contributed by atoms with E-state index < -0.39 is 10.8 Å². The van der Waals surface area contributed by atoms with Gasteiger partial charge in [-0.25, -0.2) is 0 Å². The molecule has 0 atom stereocenters. The van der Waals surface area contributed by atoms with Gasteiger partial charge in [-0.1, -0.05) is 392 Å². The Kier molecular flexibility index (Phi) is 17.2. The second-order valence-electron chi connectivity index (χ2n) is 37.3. The van der Waals surface area contributed by atoms with Crippen LogP contribution in [0.15, 0.2) is 473 Å². The van der Waals surface area contributed by atoms with E-state index in [-0.39, 0.29) is 10.8 Å². The SMILES string of the molecule is CC1(C)c2ccccc2-c2ccc(-n3c4ccc(-c5ccccc5)cc4c4cc(-c5ccc6c(c5)c5cccc7c5n6-c5ccccc5C7(c5ccccc5)c5ccccc5)ccc43)cc21.CC1(C)c2ccccc2-c2ccc(N(c3ccc(-c4ccccc4)cc3)c3ccc(-c4ccc5c(c4)c4cccc6c4n5-c4ccccc4C6(c4ccccc4)c4ccccc4)cc3)cc21. The first kappa shape index (κ1) is 76.8. The molecule has 132 heavy (non-hydrogen) atoms. The number of hydrogen-bond acceptors (Lipinski definition) is 1. The molecule has 0 N–H and O–H groups in total. The smallest absolute Gasteiger partial charge is 0.0742 e. The molecule has 0 spiro atoms. The summed E-state index contributed by atoms with van der Waals surface area (Å²) in [6, 6.07) is 176. The number of nitrogens with zero attached hydrogens (tertiary/aromatic N) is 4. The fraction of sp³-hybridized carbons (Fsp3) is 0.0625. The molecule has 27 rings (SSSR count). The van der Waals surface area contributed by atoms with Crippen LogP contribution in [0, 0.1) is 0 Å². The third kappa shape index (κ3) is 11.3. The van der Waals surface area contributed by atoms with Gasteiger partial charge >= 0.3 is 0 Å². The molecule has 0 saturated heterocycles. The maximum atomic E-state index is 2.53. The maximum Gasteiger partial charge on any atom is 0.0742 e. The molecule has 0 saturated carbocycles. The standard InChI is InChI=1S/C64H44N2.C64H46N2/c1-63(2)54-25-13-12-23-48(54)49-33-32-47(40-57(49)63)65-58-34-29-42(41-17-6-3-7-18-41)37-52(58)53-39-44(30-35-59(53)65)43-31-36-60-51(38-43)50-24-16-27-56-62(50)66(60)61-28-15-14-26-55(61)64(56,45-19-8-4-9-20-45)46-21-10-5-11-22-46;1-63(2)56-25-13-12-23-52(56)53-39-38-51(42-59(53)63)65(49-34-29-44(30-35-49)43-17-6-3-7-18-43)50-36-31-45(32-37-50)46-33-40-60-55(41-46)54-24-16-27-58-62(54)66(60)61-28-15-14-26-57(61)64(58,47-19-8-4-9-20-47)48-21-10-5-11-22-48/h3-40H,1-2H3;3-42H,1-2H3. The van der Waals surface area contributed by atoms with E-state index in [9.17, 15) is 0 Å². The summed E-state index contributed by atoms with van der Waals surface area (Å²) >= 11 is 0. The molecule has 3 aromatic heterocycles. The van der Waals surface area contributed by atoms with Gasteiger partial charge in [-0.15, -0.1) is 0 Å². The van der Waals surface area contributed by atoms with E-state index in [0.29, 0.717) is 0 Å². The van der Waals surface area contributed by atoms with E-state index >= 15 is 0 Å². The van der Waals surface area contributed by atoms with Crippen molar-refractivity contribution in [1.82, 2.24) is 13.7 Å². The Hall–Kier alpha value is -16.4. The predicted octanol–water partition coefficient (Wildman–Crippen LogP) is 32.8. The normalized spacial score (nSPS) is 14.0. The van der Waals surface area contributed by atoms with E-state index in [1.54, 1.807) is 0 Å². The molecule has 0 unspecified atom stereocenters. The van der Waals surface area contributed by atoms with E-state index in [4.69, 9.17) is 0 Å². The van der Waals surface area contributed by atoms with Crippen LogP contribution in [-0.2, 0) is 21.7 Å². The van der Waals surface area contributed by atoms with Crippen molar-refractivity contribution in [2.45, 2.75) is 49.4 Å². The number of rotatable bonds is 12. The lowest BCUT2D eigenvalue weighted by molar-refractivity contribution is 0.660. The zero-order valence-corrected chi connectivity index (χ0v) is 73.8. The summed E-state index contributed by atoms with van der Waals surface area (Å²) in [6.07, 6.45) is 0. The van der Waals surface area contributed by atoms with Crippen LogP contribution in [0.25, 0.3) is 149 Å². The van der Waals surface area contributed by atoms with Crippen molar-refractivity contribution in [3.8, 4) is 83.8 Å². The summed E-state index contributed by atoms with van der Waals surface area (Å²) in [5, 5.41) is 7.53. The van der Waals surface area contributed by atoms with Crippen LogP contribution in [-0.4, -0.2) is 13.7 Å². The van der Waals surface area contributed by atoms with Crippen molar-refractivity contribution in [2.75, 3.05) is 4.90 Å². The van der Waals surface area contributed by atoms with Gasteiger partial charge in [-0.05, 0) is 243 Å². The monoisotopic (exact) mass is 1680 g/mol. The van der Waals surface area contributed by atoms with Crippen molar-refractivity contribution in [3.63, 3.8) is 0 Å². The lowest BCUT2D eigenvalue weighted by Crippen LogP contribution is -2.35. The molecule has 2 aliphatic carbocycles. The van der Waals surface area contributed by atoms with Gasteiger partial charge < -0.3 is 18.6 Å². The van der Waals surface area contributed by atoms with Gasteiger partial charge in [0.15, 0.2) is 0 Å². The molecule has 4 aliphatic rings. The highest BCUT2D eigenvalue weighted by Crippen LogP contribution is 2.59. The second-order valence-corrected chi connectivity index (χ2v) is 37.3. The van der Waals surface area contributed by atoms with Crippen LogP contribution in [0.5, 0.6) is 0 Å². The average Bonchev–Trinajstić information content (AvgIpc) is 1.45. The highest BCUT2D eigenvalue weighted by Gasteiger charge is 2.48. The van der Waals surface area contributed by atoms with Gasteiger partial charge in [-0.2, -0.15) is 0 Å². The Morgan fingerprint density at radius 1 is 0.182 bits per heavy atom. The van der Waals surface area contributed by atoms with Crippen LogP contribution in [0.3, 0.4) is 0 Å². The zero-order valence-electron chi connectivity index (χ0n) is 73.8. The molecular weight excluding hydrogens is 1590 g/mol. The molecule has 0 amide bonds. The quantitative estimate of drug-likeness (QED) is 0.119. The first-order valence-electron chi connectivity index (χ1n) is 46.3. The van der Waals surface area contributed by atoms with E-state index in [0.717, 1.165) is 17.1 Å². The lowest BCUT2D eigenvalue weighted by Gasteiger charge is -2.41. The fourth-order valence-electron chi connectivity index (χ4n) is 23.8. The minimum absolute atomic E-state index is 0.0942. The Bertz CT molecular complexity index is 8510. The summed E-state index contributed by atoms with van der Waals surface area (Å²) in [7, 11) is 0.